The molecule has 3 aromatic rings. The molecule has 124 valence electrons. The van der Waals surface area contributed by atoms with Gasteiger partial charge in [-0.25, -0.2) is 13.2 Å². The van der Waals surface area contributed by atoms with Gasteiger partial charge in [0, 0.05) is 9.17 Å². The molecule has 0 fully saturated rings. The molecule has 2 N–H and O–H groups in total. The molecule has 24 heavy (non-hydrogen) atoms. The third-order valence-corrected chi connectivity index (χ3v) is 7.25. The number of carbonyl (C=O) groups is 1. The Morgan fingerprint density at radius 3 is 2.62 bits per heavy atom. The molecular formula is C16H12BrNO4S2. The van der Waals surface area contributed by atoms with Gasteiger partial charge in [-0.1, -0.05) is 28.1 Å². The first-order valence-corrected chi connectivity index (χ1v) is 9.92. The maximum Gasteiger partial charge on any atom is 0.337 e. The summed E-state index contributed by atoms with van der Waals surface area (Å²) in [6, 6.07) is 11.5. The van der Waals surface area contributed by atoms with Crippen molar-refractivity contribution in [2.45, 2.75) is 11.1 Å². The Bertz CT molecular complexity index is 1060. The van der Waals surface area contributed by atoms with E-state index in [0.717, 1.165) is 25.9 Å². The fourth-order valence-electron chi connectivity index (χ4n) is 2.38. The number of aromatic carboxylic acids is 1. The maximum absolute atomic E-state index is 12.7. The summed E-state index contributed by atoms with van der Waals surface area (Å²) in [4.78, 5) is 11.3. The zero-order valence-corrected chi connectivity index (χ0v) is 15.6. The maximum atomic E-state index is 12.7. The van der Waals surface area contributed by atoms with E-state index in [9.17, 15) is 18.3 Å². The molecular weight excluding hydrogens is 414 g/mol. The van der Waals surface area contributed by atoms with Crippen LogP contribution in [0.2, 0.25) is 0 Å². The fourth-order valence-corrected chi connectivity index (χ4v) is 5.57. The average molecular weight is 426 g/mol. The number of anilines is 1. The summed E-state index contributed by atoms with van der Waals surface area (Å²) in [5.41, 5.74) is 0.585. The minimum absolute atomic E-state index is 0.0445. The molecule has 0 spiro atoms. The molecule has 0 aliphatic carbocycles. The van der Waals surface area contributed by atoms with Gasteiger partial charge in [0.05, 0.1) is 11.3 Å². The van der Waals surface area contributed by atoms with Gasteiger partial charge in [0.1, 0.15) is 4.21 Å². The van der Waals surface area contributed by atoms with Crippen molar-refractivity contribution in [2.75, 3.05) is 4.72 Å². The van der Waals surface area contributed by atoms with Crippen molar-refractivity contribution in [3.05, 3.63) is 58.1 Å². The van der Waals surface area contributed by atoms with Crippen molar-refractivity contribution in [1.29, 1.82) is 0 Å². The van der Waals surface area contributed by atoms with Crippen molar-refractivity contribution in [3.63, 3.8) is 0 Å². The highest BCUT2D eigenvalue weighted by Crippen LogP contribution is 2.36. The van der Waals surface area contributed by atoms with E-state index >= 15 is 0 Å². The first-order chi connectivity index (χ1) is 11.3. The van der Waals surface area contributed by atoms with E-state index in [-0.39, 0.29) is 15.5 Å². The predicted octanol–water partition coefficient (Wildman–Crippen LogP) is 4.47. The Morgan fingerprint density at radius 2 is 1.92 bits per heavy atom. The highest BCUT2D eigenvalue weighted by molar-refractivity contribution is 9.10. The number of para-hydroxylation sites is 1. The molecule has 0 saturated carbocycles. The van der Waals surface area contributed by atoms with Crippen LogP contribution in [0.5, 0.6) is 0 Å². The number of carboxylic acids is 1. The Balaban J connectivity index is 2.09. The smallest absolute Gasteiger partial charge is 0.337 e. The number of benzene rings is 2. The summed E-state index contributed by atoms with van der Waals surface area (Å²) in [5, 5.41) is 10.0. The van der Waals surface area contributed by atoms with E-state index in [4.69, 9.17) is 0 Å². The number of rotatable bonds is 4. The standard InChI is InChI=1S/C16H12BrNO4S2/c1-9-12-8-10(17)6-7-14(12)23-16(9)24(21,22)18-13-5-3-2-4-11(13)15(19)20/h2-8,18H,1H3,(H,19,20). The van der Waals surface area contributed by atoms with Gasteiger partial charge in [-0.3, -0.25) is 4.72 Å². The topological polar surface area (TPSA) is 83.5 Å². The normalized spacial score (nSPS) is 11.6. The lowest BCUT2D eigenvalue weighted by Crippen LogP contribution is -2.15. The Morgan fingerprint density at radius 1 is 1.21 bits per heavy atom. The van der Waals surface area contributed by atoms with Crippen molar-refractivity contribution < 1.29 is 18.3 Å². The minimum Gasteiger partial charge on any atom is -0.478 e. The van der Waals surface area contributed by atoms with Crippen molar-refractivity contribution in [3.8, 4) is 0 Å². The first kappa shape index (κ1) is 16.9. The fraction of sp³-hybridized carbons (Fsp3) is 0.0625. The van der Waals surface area contributed by atoms with Crippen LogP contribution in [-0.2, 0) is 10.0 Å². The van der Waals surface area contributed by atoms with E-state index in [1.807, 2.05) is 18.2 Å². The molecule has 5 nitrogen and oxygen atoms in total. The third-order valence-electron chi connectivity index (χ3n) is 3.50. The van der Waals surface area contributed by atoms with E-state index in [1.165, 1.54) is 12.1 Å². The summed E-state index contributed by atoms with van der Waals surface area (Å²) in [6.45, 7) is 1.74. The van der Waals surface area contributed by atoms with Crippen LogP contribution in [-0.4, -0.2) is 19.5 Å². The highest BCUT2D eigenvalue weighted by atomic mass is 79.9. The second kappa shape index (κ2) is 6.19. The summed E-state index contributed by atoms with van der Waals surface area (Å²) in [6.07, 6.45) is 0. The zero-order chi connectivity index (χ0) is 17.5. The lowest BCUT2D eigenvalue weighted by Gasteiger charge is -2.09. The molecule has 8 heteroatoms. The number of aryl methyl sites for hydroxylation is 1. The number of thiophene rings is 1. The van der Waals surface area contributed by atoms with Crippen molar-refractivity contribution in [2.24, 2.45) is 0 Å². The molecule has 0 aliphatic rings. The lowest BCUT2D eigenvalue weighted by molar-refractivity contribution is 0.0698. The molecule has 0 amide bonds. The Kier molecular flexibility index (Phi) is 4.37. The monoisotopic (exact) mass is 425 g/mol. The lowest BCUT2D eigenvalue weighted by atomic mass is 10.2. The van der Waals surface area contributed by atoms with Crippen LogP contribution >= 0.6 is 27.3 Å². The van der Waals surface area contributed by atoms with Gasteiger partial charge >= 0.3 is 5.97 Å². The quantitative estimate of drug-likeness (QED) is 0.645. The predicted molar refractivity (Wildman–Crippen MR) is 98.5 cm³/mol. The number of fused-ring (bicyclic) bond motifs is 1. The first-order valence-electron chi connectivity index (χ1n) is 6.83. The second-order valence-electron chi connectivity index (χ2n) is 5.11. The molecule has 0 bridgehead atoms. The minimum atomic E-state index is -3.88. The van der Waals surface area contributed by atoms with Gasteiger partial charge in [0.2, 0.25) is 0 Å². The second-order valence-corrected chi connectivity index (χ2v) is 8.96. The van der Waals surface area contributed by atoms with E-state index in [2.05, 4.69) is 20.7 Å². The van der Waals surface area contributed by atoms with Crippen LogP contribution in [0.25, 0.3) is 10.1 Å². The molecule has 2 aromatic carbocycles. The average Bonchev–Trinajstić information content (AvgIpc) is 2.85. The summed E-state index contributed by atoms with van der Waals surface area (Å²) < 4.78 is 29.8. The number of carboxylic acid groups (broad SMARTS) is 1. The summed E-state index contributed by atoms with van der Waals surface area (Å²) >= 11 is 4.53. The molecule has 0 saturated heterocycles. The number of sulfonamides is 1. The van der Waals surface area contributed by atoms with Crippen LogP contribution in [0.4, 0.5) is 5.69 Å². The summed E-state index contributed by atoms with van der Waals surface area (Å²) in [7, 11) is -3.88. The number of hydrogen-bond acceptors (Lipinski definition) is 4. The number of hydrogen-bond donors (Lipinski definition) is 2. The van der Waals surface area contributed by atoms with Gasteiger partial charge in [-0.05, 0) is 48.2 Å². The Labute approximate surface area is 151 Å². The van der Waals surface area contributed by atoms with Crippen LogP contribution in [0.3, 0.4) is 0 Å². The number of nitrogens with one attached hydrogen (secondary N) is 1. The zero-order valence-electron chi connectivity index (χ0n) is 12.4. The van der Waals surface area contributed by atoms with E-state index in [0.29, 0.717) is 5.56 Å². The van der Waals surface area contributed by atoms with Gasteiger partial charge in [-0.15, -0.1) is 11.3 Å². The van der Waals surface area contributed by atoms with E-state index in [1.54, 1.807) is 19.1 Å². The molecule has 3 rings (SSSR count). The largest absolute Gasteiger partial charge is 0.478 e. The van der Waals surface area contributed by atoms with Crippen LogP contribution in [0.1, 0.15) is 15.9 Å². The molecule has 0 aliphatic heterocycles. The summed E-state index contributed by atoms with van der Waals surface area (Å²) in [5.74, 6) is -1.19. The Hall–Kier alpha value is -1.90. The van der Waals surface area contributed by atoms with Gasteiger partial charge in [0.25, 0.3) is 10.0 Å². The van der Waals surface area contributed by atoms with Gasteiger partial charge in [0.15, 0.2) is 0 Å². The highest BCUT2D eigenvalue weighted by Gasteiger charge is 2.23. The van der Waals surface area contributed by atoms with Crippen LogP contribution in [0, 0.1) is 6.92 Å². The van der Waals surface area contributed by atoms with Crippen LogP contribution in [0.15, 0.2) is 51.1 Å². The number of halogens is 1. The van der Waals surface area contributed by atoms with Crippen molar-refractivity contribution >= 4 is 59.0 Å². The molecule has 0 radical (unpaired) electrons. The molecule has 1 aromatic heterocycles. The van der Waals surface area contributed by atoms with E-state index < -0.39 is 16.0 Å². The molecule has 1 heterocycles. The SMILES string of the molecule is Cc1c(S(=O)(=O)Nc2ccccc2C(=O)O)sc2ccc(Br)cc12. The molecule has 0 unspecified atom stereocenters. The molecule has 0 atom stereocenters. The van der Waals surface area contributed by atoms with Gasteiger partial charge < -0.3 is 5.11 Å². The van der Waals surface area contributed by atoms with Crippen LogP contribution < -0.4 is 4.72 Å². The van der Waals surface area contributed by atoms with Gasteiger partial charge in [-0.2, -0.15) is 0 Å². The third kappa shape index (κ3) is 3.04. The van der Waals surface area contributed by atoms with Crippen molar-refractivity contribution in [1.82, 2.24) is 0 Å².